The summed E-state index contributed by atoms with van der Waals surface area (Å²) < 4.78 is 4.98. The van der Waals surface area contributed by atoms with Gasteiger partial charge in [0.05, 0.1) is 6.61 Å². The molecule has 108 valence electrons. The smallest absolute Gasteiger partial charge is 0.265 e. The molecule has 1 aromatic rings. The molecular formula is C12H22N4O2S. The molecule has 1 heterocycles. The number of rotatable bonds is 7. The number of amides is 1. The molecule has 0 aromatic carbocycles. The van der Waals surface area contributed by atoms with Crippen molar-refractivity contribution in [2.24, 2.45) is 0 Å². The summed E-state index contributed by atoms with van der Waals surface area (Å²) in [5.74, 6) is 0.0898. The average molecular weight is 286 g/mol. The van der Waals surface area contributed by atoms with Crippen LogP contribution < -0.4 is 16.0 Å². The molecule has 0 saturated heterocycles. The Morgan fingerprint density at radius 3 is 2.68 bits per heavy atom. The minimum absolute atomic E-state index is 0.0593. The number of carbonyl (C=O) groups is 1. The third kappa shape index (κ3) is 4.07. The van der Waals surface area contributed by atoms with Crippen molar-refractivity contribution in [2.45, 2.75) is 26.8 Å². The molecule has 1 amide bonds. The van der Waals surface area contributed by atoms with Crippen LogP contribution in [0.5, 0.6) is 0 Å². The highest BCUT2D eigenvalue weighted by Gasteiger charge is 2.19. The molecule has 1 rings (SSSR count). The lowest BCUT2D eigenvalue weighted by Crippen LogP contribution is -2.35. The van der Waals surface area contributed by atoms with Crippen molar-refractivity contribution in [2.75, 3.05) is 37.4 Å². The molecule has 0 bridgehead atoms. The highest BCUT2D eigenvalue weighted by Crippen LogP contribution is 2.27. The number of nitrogens with zero attached hydrogens (tertiary/aromatic N) is 2. The van der Waals surface area contributed by atoms with Gasteiger partial charge in [-0.3, -0.25) is 4.79 Å². The first-order chi connectivity index (χ1) is 9.03. The SMILES string of the molecule is CCN(CC)c1nc(N)c(C(=O)NC(C)COC)s1. The van der Waals surface area contributed by atoms with Crippen molar-refractivity contribution in [1.82, 2.24) is 10.3 Å². The highest BCUT2D eigenvalue weighted by atomic mass is 32.1. The second-order valence-electron chi connectivity index (χ2n) is 4.21. The van der Waals surface area contributed by atoms with E-state index in [1.54, 1.807) is 7.11 Å². The molecule has 0 aliphatic carbocycles. The van der Waals surface area contributed by atoms with E-state index in [9.17, 15) is 4.79 Å². The topological polar surface area (TPSA) is 80.5 Å². The first kappa shape index (κ1) is 15.7. The normalized spacial score (nSPS) is 12.2. The van der Waals surface area contributed by atoms with Gasteiger partial charge in [0.15, 0.2) is 5.13 Å². The molecule has 0 saturated carbocycles. The predicted octanol–water partition coefficient (Wildman–Crippen LogP) is 1.34. The number of methoxy groups -OCH3 is 1. The molecule has 19 heavy (non-hydrogen) atoms. The fourth-order valence-electron chi connectivity index (χ4n) is 1.69. The maximum absolute atomic E-state index is 12.1. The van der Waals surface area contributed by atoms with E-state index in [1.165, 1.54) is 11.3 Å². The van der Waals surface area contributed by atoms with Crippen LogP contribution in [0.4, 0.5) is 10.9 Å². The van der Waals surface area contributed by atoms with Crippen LogP contribution >= 0.6 is 11.3 Å². The fourth-order valence-corrected chi connectivity index (χ4v) is 2.71. The van der Waals surface area contributed by atoms with E-state index in [0.29, 0.717) is 11.5 Å². The summed E-state index contributed by atoms with van der Waals surface area (Å²) >= 11 is 1.32. The van der Waals surface area contributed by atoms with Gasteiger partial charge >= 0.3 is 0 Å². The van der Waals surface area contributed by atoms with Crippen LogP contribution in [0.25, 0.3) is 0 Å². The van der Waals surface area contributed by atoms with Crippen molar-refractivity contribution in [3.63, 3.8) is 0 Å². The number of thiazole rings is 1. The van der Waals surface area contributed by atoms with E-state index >= 15 is 0 Å². The van der Waals surface area contributed by atoms with Crippen LogP contribution in [0.1, 0.15) is 30.4 Å². The van der Waals surface area contributed by atoms with Gasteiger partial charge in [-0.2, -0.15) is 0 Å². The number of carbonyl (C=O) groups excluding carboxylic acids is 1. The predicted molar refractivity (Wildman–Crippen MR) is 78.9 cm³/mol. The van der Waals surface area contributed by atoms with Crippen LogP contribution in [0.2, 0.25) is 0 Å². The quantitative estimate of drug-likeness (QED) is 0.790. The van der Waals surface area contributed by atoms with Crippen LogP contribution in [-0.4, -0.2) is 43.7 Å². The Labute approximate surface area is 118 Å². The van der Waals surface area contributed by atoms with E-state index in [1.807, 2.05) is 20.8 Å². The van der Waals surface area contributed by atoms with Crippen molar-refractivity contribution < 1.29 is 9.53 Å². The highest BCUT2D eigenvalue weighted by molar-refractivity contribution is 7.18. The summed E-state index contributed by atoms with van der Waals surface area (Å²) in [5, 5.41) is 3.62. The average Bonchev–Trinajstić information content (AvgIpc) is 2.73. The van der Waals surface area contributed by atoms with Crippen molar-refractivity contribution in [1.29, 1.82) is 0 Å². The van der Waals surface area contributed by atoms with Gasteiger partial charge < -0.3 is 20.7 Å². The third-order valence-corrected chi connectivity index (χ3v) is 3.81. The first-order valence-corrected chi connectivity index (χ1v) is 7.16. The van der Waals surface area contributed by atoms with Crippen molar-refractivity contribution in [3.05, 3.63) is 4.88 Å². The summed E-state index contributed by atoms with van der Waals surface area (Å²) in [7, 11) is 1.60. The van der Waals surface area contributed by atoms with Crippen LogP contribution in [0, 0.1) is 0 Å². The molecule has 1 atom stereocenters. The Hall–Kier alpha value is -1.34. The van der Waals surface area contributed by atoms with Crippen molar-refractivity contribution in [3.8, 4) is 0 Å². The second-order valence-corrected chi connectivity index (χ2v) is 5.19. The summed E-state index contributed by atoms with van der Waals surface area (Å²) in [4.78, 5) is 18.9. The fraction of sp³-hybridized carbons (Fsp3) is 0.667. The zero-order chi connectivity index (χ0) is 14.4. The largest absolute Gasteiger partial charge is 0.383 e. The third-order valence-electron chi connectivity index (χ3n) is 2.68. The molecule has 1 aromatic heterocycles. The minimum Gasteiger partial charge on any atom is -0.383 e. The molecule has 7 heteroatoms. The summed E-state index contributed by atoms with van der Waals surface area (Å²) in [6, 6.07) is -0.0593. The molecule has 0 aliphatic rings. The van der Waals surface area contributed by atoms with E-state index in [4.69, 9.17) is 10.5 Å². The summed E-state index contributed by atoms with van der Waals surface area (Å²) in [6.45, 7) is 8.11. The van der Waals surface area contributed by atoms with Crippen LogP contribution in [0.15, 0.2) is 0 Å². The lowest BCUT2D eigenvalue weighted by atomic mass is 10.3. The lowest BCUT2D eigenvalue weighted by Gasteiger charge is -2.16. The van der Waals surface area contributed by atoms with Gasteiger partial charge in [0.25, 0.3) is 5.91 Å². The van der Waals surface area contributed by atoms with E-state index < -0.39 is 0 Å². The zero-order valence-electron chi connectivity index (χ0n) is 11.9. The standard InChI is InChI=1S/C12H22N4O2S/c1-5-16(6-2)12-15-10(13)9(19-12)11(17)14-8(3)7-18-4/h8H,5-7,13H2,1-4H3,(H,14,17). The number of nitrogens with two attached hydrogens (primary N) is 1. The maximum atomic E-state index is 12.1. The molecule has 0 aliphatic heterocycles. The molecule has 3 N–H and O–H groups in total. The Morgan fingerprint density at radius 1 is 1.53 bits per heavy atom. The van der Waals surface area contributed by atoms with E-state index in [2.05, 4.69) is 15.2 Å². The number of nitrogen functional groups attached to an aromatic ring is 1. The van der Waals surface area contributed by atoms with Crippen molar-refractivity contribution >= 4 is 28.2 Å². The van der Waals surface area contributed by atoms with Crippen LogP contribution in [-0.2, 0) is 4.74 Å². The van der Waals surface area contributed by atoms with Gasteiger partial charge in [0, 0.05) is 26.2 Å². The maximum Gasteiger partial charge on any atom is 0.265 e. The van der Waals surface area contributed by atoms with Gasteiger partial charge in [-0.25, -0.2) is 4.98 Å². The minimum atomic E-state index is -0.196. The summed E-state index contributed by atoms with van der Waals surface area (Å²) in [6.07, 6.45) is 0. The number of hydrogen-bond acceptors (Lipinski definition) is 6. The molecule has 0 spiro atoms. The Bertz CT molecular complexity index is 418. The van der Waals surface area contributed by atoms with E-state index in [-0.39, 0.29) is 17.8 Å². The number of aromatic nitrogens is 1. The number of hydrogen-bond donors (Lipinski definition) is 2. The van der Waals surface area contributed by atoms with Crippen LogP contribution in [0.3, 0.4) is 0 Å². The molecule has 6 nitrogen and oxygen atoms in total. The second kappa shape index (κ2) is 7.30. The monoisotopic (exact) mass is 286 g/mol. The number of nitrogens with one attached hydrogen (secondary N) is 1. The Kier molecular flexibility index (Phi) is 6.04. The molecular weight excluding hydrogens is 264 g/mol. The van der Waals surface area contributed by atoms with Gasteiger partial charge in [0.1, 0.15) is 10.7 Å². The van der Waals surface area contributed by atoms with E-state index in [0.717, 1.165) is 18.2 Å². The molecule has 0 radical (unpaired) electrons. The first-order valence-electron chi connectivity index (χ1n) is 6.34. The zero-order valence-corrected chi connectivity index (χ0v) is 12.7. The molecule has 0 fully saturated rings. The lowest BCUT2D eigenvalue weighted by molar-refractivity contribution is 0.0910. The Balaban J connectivity index is 2.80. The van der Waals surface area contributed by atoms with Gasteiger partial charge in [0.2, 0.25) is 0 Å². The van der Waals surface area contributed by atoms with Gasteiger partial charge in [-0.15, -0.1) is 0 Å². The number of anilines is 2. The molecule has 1 unspecified atom stereocenters. The Morgan fingerprint density at radius 2 is 2.16 bits per heavy atom. The summed E-state index contributed by atoms with van der Waals surface area (Å²) in [5.41, 5.74) is 5.82. The number of ether oxygens (including phenoxy) is 1. The van der Waals surface area contributed by atoms with Gasteiger partial charge in [-0.05, 0) is 20.8 Å². The van der Waals surface area contributed by atoms with Gasteiger partial charge in [-0.1, -0.05) is 11.3 Å².